The Labute approximate surface area is 212 Å². The number of phosphoric acid groups is 2. The van der Waals surface area contributed by atoms with Crippen LogP contribution in [0.15, 0.2) is 47.4 Å². The molecular formula is C20H27N5O8P2S. The van der Waals surface area contributed by atoms with E-state index in [0.29, 0.717) is 17.2 Å². The van der Waals surface area contributed by atoms with E-state index in [1.807, 2.05) is 17.9 Å². The molecule has 0 fully saturated rings. The average molecular weight is 559 g/mol. The molecule has 2 aromatic heterocycles. The number of aryl methyl sites for hydroxylation is 1. The van der Waals surface area contributed by atoms with Gasteiger partial charge in [-0.15, -0.1) is 11.8 Å². The maximum atomic E-state index is 11.8. The Kier molecular flexibility index (Phi) is 9.44. The molecule has 196 valence electrons. The number of thioether (sulfide) groups is 1. The van der Waals surface area contributed by atoms with Crippen molar-refractivity contribution in [2.75, 3.05) is 12.3 Å². The molecule has 0 radical (unpaired) electrons. The van der Waals surface area contributed by atoms with Gasteiger partial charge >= 0.3 is 15.6 Å². The van der Waals surface area contributed by atoms with Crippen molar-refractivity contribution in [1.29, 1.82) is 0 Å². The Morgan fingerprint density at radius 2 is 2.03 bits per heavy atom. The van der Waals surface area contributed by atoms with Gasteiger partial charge in [0.1, 0.15) is 23.1 Å². The van der Waals surface area contributed by atoms with Gasteiger partial charge in [-0.1, -0.05) is 18.2 Å². The summed E-state index contributed by atoms with van der Waals surface area (Å²) in [7, 11) is -10.2. The van der Waals surface area contributed by atoms with Crippen LogP contribution in [0.25, 0.3) is 6.08 Å². The minimum absolute atomic E-state index is 0.123. The second-order valence-corrected chi connectivity index (χ2v) is 11.8. The van der Waals surface area contributed by atoms with E-state index in [2.05, 4.69) is 19.3 Å². The van der Waals surface area contributed by atoms with Crippen LogP contribution >= 0.6 is 27.4 Å². The van der Waals surface area contributed by atoms with Crippen molar-refractivity contribution in [2.24, 2.45) is 0 Å². The molecule has 0 saturated heterocycles. The lowest BCUT2D eigenvalue weighted by molar-refractivity contribution is 0.149. The summed E-state index contributed by atoms with van der Waals surface area (Å²) in [5.41, 5.74) is 8.29. The second kappa shape index (κ2) is 12.0. The first-order chi connectivity index (χ1) is 16.8. The van der Waals surface area contributed by atoms with E-state index < -0.39 is 27.1 Å². The zero-order valence-electron chi connectivity index (χ0n) is 19.4. The summed E-state index contributed by atoms with van der Waals surface area (Å²) in [5, 5.41) is 10.5. The molecule has 0 bridgehead atoms. The highest BCUT2D eigenvalue weighted by Gasteiger charge is 2.36. The van der Waals surface area contributed by atoms with Gasteiger partial charge in [0, 0.05) is 47.7 Å². The summed E-state index contributed by atoms with van der Waals surface area (Å²) in [6, 6.07) is 3.63. The molecule has 13 nitrogen and oxygen atoms in total. The molecule has 6 N–H and O–H groups in total. The number of pyridine rings is 1. The van der Waals surface area contributed by atoms with Gasteiger partial charge in [-0.25, -0.2) is 19.1 Å². The largest absolute Gasteiger partial charge is 0.481 e. The van der Waals surface area contributed by atoms with Crippen LogP contribution in [-0.4, -0.2) is 57.7 Å². The molecule has 16 heteroatoms. The number of hydrogen-bond donors (Lipinski definition) is 5. The summed E-state index contributed by atoms with van der Waals surface area (Å²) in [4.78, 5) is 42.1. The number of nitrogens with two attached hydrogens (primary N) is 1. The van der Waals surface area contributed by atoms with Crippen molar-refractivity contribution >= 4 is 39.3 Å². The zero-order valence-corrected chi connectivity index (χ0v) is 22.0. The number of nitrogens with zero attached hydrogens (tertiary/aromatic N) is 4. The normalized spacial score (nSPS) is 19.2. The molecular weight excluding hydrogens is 532 g/mol. The highest BCUT2D eigenvalue weighted by Crippen LogP contribution is 2.57. The Hall–Kier alpha value is -2.12. The van der Waals surface area contributed by atoms with Crippen LogP contribution in [0.2, 0.25) is 0 Å². The number of aliphatic hydroxyl groups is 1. The second-order valence-electron chi connectivity index (χ2n) is 7.73. The number of aromatic nitrogens is 3. The molecule has 0 spiro atoms. The number of anilines is 1. The average Bonchev–Trinajstić information content (AvgIpc) is 3.08. The SMILES string of the molecule is CC1=C(CCOP(=O)(O)OP(=O)(O)O)S[C@H](C(O)/C=C/c2cccnc2)N1Cc1cnc(C)nc1N. The molecule has 1 aliphatic rings. The molecule has 2 unspecified atom stereocenters. The molecule has 0 amide bonds. The van der Waals surface area contributed by atoms with Crippen molar-refractivity contribution in [3.63, 3.8) is 0 Å². The lowest BCUT2D eigenvalue weighted by Crippen LogP contribution is -2.36. The number of allylic oxidation sites excluding steroid dienone is 1. The Balaban J connectivity index is 1.78. The predicted octanol–water partition coefficient (Wildman–Crippen LogP) is 2.56. The minimum Gasteiger partial charge on any atom is -0.386 e. The summed E-state index contributed by atoms with van der Waals surface area (Å²) >= 11 is 1.32. The van der Waals surface area contributed by atoms with Gasteiger partial charge in [-0.3, -0.25) is 9.51 Å². The highest BCUT2D eigenvalue weighted by atomic mass is 32.2. The van der Waals surface area contributed by atoms with Crippen molar-refractivity contribution in [1.82, 2.24) is 19.9 Å². The first-order valence-electron chi connectivity index (χ1n) is 10.6. The van der Waals surface area contributed by atoms with Gasteiger partial charge in [0.25, 0.3) is 0 Å². The van der Waals surface area contributed by atoms with Crippen LogP contribution in [0.1, 0.15) is 30.3 Å². The van der Waals surface area contributed by atoms with Crippen molar-refractivity contribution in [3.05, 3.63) is 64.4 Å². The molecule has 0 saturated carbocycles. The van der Waals surface area contributed by atoms with E-state index in [9.17, 15) is 19.1 Å². The third kappa shape index (κ3) is 8.20. The Morgan fingerprint density at radius 1 is 1.28 bits per heavy atom. The summed E-state index contributed by atoms with van der Waals surface area (Å²) in [5.74, 6) is 0.839. The molecule has 3 rings (SSSR count). The quantitative estimate of drug-likeness (QED) is 0.251. The summed E-state index contributed by atoms with van der Waals surface area (Å²) in [6.07, 6.45) is 7.50. The fourth-order valence-electron chi connectivity index (χ4n) is 3.36. The lowest BCUT2D eigenvalue weighted by Gasteiger charge is -2.30. The standard InChI is InChI=1S/C20H27N5O8P2S/c1-13-18(7-9-32-35(30,31)33-34(27,28)29)36-20(17(26)6-5-15-4-3-8-22-10-15)25(13)12-16-11-23-14(2)24-19(16)21/h3-6,8,10-11,17,20,26H,7,9,12H2,1-2H3,(H,30,31)(H2,21,23,24)(H2,27,28,29)/b6-5+/t17?,20-/m1/s1. The van der Waals surface area contributed by atoms with E-state index in [0.717, 1.165) is 16.2 Å². The molecule has 2 aromatic rings. The molecule has 0 aliphatic carbocycles. The molecule has 0 aromatic carbocycles. The Morgan fingerprint density at radius 3 is 2.67 bits per heavy atom. The maximum Gasteiger partial charge on any atom is 0.481 e. The minimum atomic E-state index is -5.21. The monoisotopic (exact) mass is 559 g/mol. The molecule has 3 atom stereocenters. The summed E-state index contributed by atoms with van der Waals surface area (Å²) < 4.78 is 31.1. The van der Waals surface area contributed by atoms with E-state index >= 15 is 0 Å². The van der Waals surface area contributed by atoms with Crippen LogP contribution in [0, 0.1) is 6.92 Å². The molecule has 36 heavy (non-hydrogen) atoms. The first kappa shape index (κ1) is 28.5. The fraction of sp³-hybridized carbons (Fsp3) is 0.350. The molecule has 3 heterocycles. The van der Waals surface area contributed by atoms with E-state index in [1.165, 1.54) is 11.8 Å². The van der Waals surface area contributed by atoms with E-state index in [-0.39, 0.29) is 19.6 Å². The van der Waals surface area contributed by atoms with E-state index in [4.69, 9.17) is 20.0 Å². The zero-order chi connectivity index (χ0) is 26.5. The van der Waals surface area contributed by atoms with Gasteiger partial charge in [0.05, 0.1) is 6.61 Å². The first-order valence-corrected chi connectivity index (χ1v) is 14.5. The number of rotatable bonds is 11. The van der Waals surface area contributed by atoms with Gasteiger partial charge in [0.15, 0.2) is 0 Å². The highest BCUT2D eigenvalue weighted by molar-refractivity contribution is 8.03. The maximum absolute atomic E-state index is 11.8. The van der Waals surface area contributed by atoms with Crippen molar-refractivity contribution in [3.8, 4) is 0 Å². The van der Waals surface area contributed by atoms with Gasteiger partial charge < -0.3 is 30.4 Å². The number of phosphoric ester groups is 1. The van der Waals surface area contributed by atoms with Crippen LogP contribution in [-0.2, 0) is 24.5 Å². The predicted molar refractivity (Wildman–Crippen MR) is 134 cm³/mol. The van der Waals surface area contributed by atoms with Crippen molar-refractivity contribution < 1.29 is 37.8 Å². The number of hydrogen-bond acceptors (Lipinski definition) is 11. The number of aliphatic hydroxyl groups excluding tert-OH is 1. The third-order valence-corrected chi connectivity index (χ3v) is 8.76. The third-order valence-electron chi connectivity index (χ3n) is 5.02. The fourth-order valence-corrected chi connectivity index (χ4v) is 6.31. The van der Waals surface area contributed by atoms with Crippen LogP contribution in [0.3, 0.4) is 0 Å². The van der Waals surface area contributed by atoms with Gasteiger partial charge in [0.2, 0.25) is 0 Å². The van der Waals surface area contributed by atoms with Crippen LogP contribution in [0.4, 0.5) is 5.82 Å². The van der Waals surface area contributed by atoms with Crippen LogP contribution in [0.5, 0.6) is 0 Å². The number of nitrogen functional groups attached to an aromatic ring is 1. The van der Waals surface area contributed by atoms with Gasteiger partial charge in [-0.05, 0) is 25.5 Å². The smallest absolute Gasteiger partial charge is 0.386 e. The van der Waals surface area contributed by atoms with E-state index in [1.54, 1.807) is 43.7 Å². The van der Waals surface area contributed by atoms with Crippen molar-refractivity contribution in [2.45, 2.75) is 38.3 Å². The Bertz CT molecular complexity index is 1230. The van der Waals surface area contributed by atoms with Gasteiger partial charge in [-0.2, -0.15) is 4.31 Å². The van der Waals surface area contributed by atoms with Crippen LogP contribution < -0.4 is 5.73 Å². The lowest BCUT2D eigenvalue weighted by atomic mass is 10.2. The topological polar surface area (TPSA) is 201 Å². The molecule has 1 aliphatic heterocycles. The summed E-state index contributed by atoms with van der Waals surface area (Å²) in [6.45, 7) is 3.47.